The van der Waals surface area contributed by atoms with Crippen LogP contribution in [0.3, 0.4) is 0 Å². The molecular formula is C15H20O2. The van der Waals surface area contributed by atoms with Gasteiger partial charge in [0.1, 0.15) is 5.78 Å². The quantitative estimate of drug-likeness (QED) is 0.575. The van der Waals surface area contributed by atoms with E-state index in [9.17, 15) is 9.59 Å². The third-order valence-corrected chi connectivity index (χ3v) is 3.18. The van der Waals surface area contributed by atoms with Gasteiger partial charge in [-0.3, -0.25) is 9.59 Å². The van der Waals surface area contributed by atoms with Crippen molar-refractivity contribution in [1.82, 2.24) is 0 Å². The van der Waals surface area contributed by atoms with E-state index >= 15 is 0 Å². The van der Waals surface area contributed by atoms with Crippen LogP contribution in [-0.2, 0) is 4.79 Å². The molecule has 0 radical (unpaired) electrons. The molecule has 2 heteroatoms. The second kappa shape index (κ2) is 5.76. The van der Waals surface area contributed by atoms with Crippen LogP contribution in [0.4, 0.5) is 0 Å². The van der Waals surface area contributed by atoms with Gasteiger partial charge in [-0.1, -0.05) is 37.6 Å². The van der Waals surface area contributed by atoms with Gasteiger partial charge in [-0.05, 0) is 25.8 Å². The first kappa shape index (κ1) is 13.6. The average Bonchev–Trinajstić information content (AvgIpc) is 2.27. The Morgan fingerprint density at radius 1 is 1.24 bits per heavy atom. The molecule has 0 saturated heterocycles. The summed E-state index contributed by atoms with van der Waals surface area (Å²) in [7, 11) is 0. The predicted molar refractivity (Wildman–Crippen MR) is 69.3 cm³/mol. The van der Waals surface area contributed by atoms with Crippen molar-refractivity contribution in [3.8, 4) is 0 Å². The summed E-state index contributed by atoms with van der Waals surface area (Å²) in [5.74, 6) is -0.0463. The van der Waals surface area contributed by atoms with Gasteiger partial charge in [0.05, 0.1) is 6.42 Å². The van der Waals surface area contributed by atoms with Crippen LogP contribution in [0.2, 0.25) is 0 Å². The van der Waals surface area contributed by atoms with E-state index in [2.05, 4.69) is 0 Å². The van der Waals surface area contributed by atoms with E-state index in [4.69, 9.17) is 0 Å². The Hall–Kier alpha value is -1.44. The van der Waals surface area contributed by atoms with Crippen LogP contribution in [0.1, 0.15) is 48.2 Å². The number of hydrogen-bond acceptors (Lipinski definition) is 2. The monoisotopic (exact) mass is 232 g/mol. The van der Waals surface area contributed by atoms with E-state index in [1.807, 2.05) is 45.9 Å². The van der Waals surface area contributed by atoms with Crippen molar-refractivity contribution in [2.75, 3.05) is 0 Å². The maximum atomic E-state index is 12.0. The molecule has 1 unspecified atom stereocenters. The zero-order chi connectivity index (χ0) is 13.0. The van der Waals surface area contributed by atoms with Crippen molar-refractivity contribution in [2.24, 2.45) is 5.92 Å². The van der Waals surface area contributed by atoms with Gasteiger partial charge in [0, 0.05) is 11.5 Å². The highest BCUT2D eigenvalue weighted by Crippen LogP contribution is 2.15. The molecule has 1 atom stereocenters. The molecule has 0 fully saturated rings. The predicted octanol–water partition coefficient (Wildman–Crippen LogP) is 3.49. The Kier molecular flexibility index (Phi) is 4.62. The van der Waals surface area contributed by atoms with E-state index in [1.165, 1.54) is 0 Å². The van der Waals surface area contributed by atoms with Crippen LogP contribution in [0.5, 0.6) is 0 Å². The summed E-state index contributed by atoms with van der Waals surface area (Å²) < 4.78 is 0. The third kappa shape index (κ3) is 3.52. The number of hydrogen-bond donors (Lipinski definition) is 0. The molecular weight excluding hydrogens is 212 g/mol. The van der Waals surface area contributed by atoms with Crippen LogP contribution in [0.25, 0.3) is 0 Å². The lowest BCUT2D eigenvalue weighted by atomic mass is 9.94. The lowest BCUT2D eigenvalue weighted by Gasteiger charge is -2.08. The number of Topliss-reactive ketones (excluding diaryl/α,β-unsaturated/α-hetero) is 2. The largest absolute Gasteiger partial charge is 0.299 e. The fraction of sp³-hybridized carbons (Fsp3) is 0.467. The first-order valence-corrected chi connectivity index (χ1v) is 6.08. The maximum Gasteiger partial charge on any atom is 0.170 e. The lowest BCUT2D eigenvalue weighted by Crippen LogP contribution is -2.15. The van der Waals surface area contributed by atoms with Gasteiger partial charge in [-0.15, -0.1) is 0 Å². The van der Waals surface area contributed by atoms with Crippen molar-refractivity contribution in [3.05, 3.63) is 34.9 Å². The highest BCUT2D eigenvalue weighted by Gasteiger charge is 2.17. The first-order valence-electron chi connectivity index (χ1n) is 6.08. The third-order valence-electron chi connectivity index (χ3n) is 3.18. The van der Waals surface area contributed by atoms with Crippen molar-refractivity contribution in [1.29, 1.82) is 0 Å². The SMILES string of the molecule is CCC(C)C(=O)CC(=O)c1ccc(C)cc1C. The number of aryl methyl sites for hydroxylation is 2. The molecule has 0 aliphatic heterocycles. The number of benzene rings is 1. The first-order chi connectivity index (χ1) is 7.95. The van der Waals surface area contributed by atoms with Crippen molar-refractivity contribution in [2.45, 2.75) is 40.5 Å². The normalized spacial score (nSPS) is 12.2. The zero-order valence-electron chi connectivity index (χ0n) is 11.0. The van der Waals surface area contributed by atoms with Crippen LogP contribution in [0.15, 0.2) is 18.2 Å². The van der Waals surface area contributed by atoms with Crippen molar-refractivity contribution in [3.63, 3.8) is 0 Å². The van der Waals surface area contributed by atoms with Gasteiger partial charge >= 0.3 is 0 Å². The van der Waals surface area contributed by atoms with Crippen LogP contribution in [0, 0.1) is 19.8 Å². The molecule has 2 nitrogen and oxygen atoms in total. The molecule has 0 amide bonds. The molecule has 17 heavy (non-hydrogen) atoms. The van der Waals surface area contributed by atoms with Gasteiger partial charge < -0.3 is 0 Å². The van der Waals surface area contributed by atoms with Gasteiger partial charge in [0.15, 0.2) is 5.78 Å². The lowest BCUT2D eigenvalue weighted by molar-refractivity contribution is -0.121. The molecule has 0 aliphatic carbocycles. The molecule has 0 aliphatic rings. The molecule has 0 heterocycles. The zero-order valence-corrected chi connectivity index (χ0v) is 11.0. The van der Waals surface area contributed by atoms with Crippen LogP contribution >= 0.6 is 0 Å². The Morgan fingerprint density at radius 2 is 1.88 bits per heavy atom. The number of carbonyl (C=O) groups is 2. The molecule has 92 valence electrons. The Bertz CT molecular complexity index is 433. The molecule has 0 saturated carbocycles. The number of carbonyl (C=O) groups excluding carboxylic acids is 2. The molecule has 0 N–H and O–H groups in total. The minimum absolute atomic E-state index is 0.0234. The smallest absolute Gasteiger partial charge is 0.170 e. The molecule has 1 rings (SSSR count). The van der Waals surface area contributed by atoms with Crippen molar-refractivity contribution >= 4 is 11.6 Å². The minimum atomic E-state index is -0.0622. The standard InChI is InChI=1S/C15H20O2/c1-5-11(3)14(16)9-15(17)13-7-6-10(2)8-12(13)4/h6-8,11H,5,9H2,1-4H3. The van der Waals surface area contributed by atoms with Crippen molar-refractivity contribution < 1.29 is 9.59 Å². The molecule has 1 aromatic rings. The summed E-state index contributed by atoms with van der Waals surface area (Å²) in [6, 6.07) is 5.70. The fourth-order valence-electron chi connectivity index (χ4n) is 1.78. The number of ketones is 2. The summed E-state index contributed by atoms with van der Waals surface area (Å²) in [6.07, 6.45) is 0.817. The number of rotatable bonds is 5. The highest BCUT2D eigenvalue weighted by molar-refractivity contribution is 6.09. The fourth-order valence-corrected chi connectivity index (χ4v) is 1.78. The second-order valence-corrected chi connectivity index (χ2v) is 4.69. The van der Waals surface area contributed by atoms with E-state index in [0.717, 1.165) is 17.5 Å². The minimum Gasteiger partial charge on any atom is -0.299 e. The Morgan fingerprint density at radius 3 is 2.41 bits per heavy atom. The summed E-state index contributed by atoms with van der Waals surface area (Å²) in [5, 5.41) is 0. The van der Waals surface area contributed by atoms with E-state index in [-0.39, 0.29) is 23.9 Å². The van der Waals surface area contributed by atoms with Crippen LogP contribution < -0.4 is 0 Å². The molecule has 0 spiro atoms. The Balaban J connectivity index is 2.80. The van der Waals surface area contributed by atoms with E-state index in [1.54, 1.807) is 0 Å². The van der Waals surface area contributed by atoms with Gasteiger partial charge in [0.25, 0.3) is 0 Å². The average molecular weight is 232 g/mol. The second-order valence-electron chi connectivity index (χ2n) is 4.69. The van der Waals surface area contributed by atoms with Gasteiger partial charge in [0.2, 0.25) is 0 Å². The highest BCUT2D eigenvalue weighted by atomic mass is 16.1. The van der Waals surface area contributed by atoms with E-state index in [0.29, 0.717) is 5.56 Å². The summed E-state index contributed by atoms with van der Waals surface area (Å²) >= 11 is 0. The molecule has 0 bridgehead atoms. The van der Waals surface area contributed by atoms with E-state index < -0.39 is 0 Å². The molecule has 1 aromatic carbocycles. The Labute approximate surface area is 103 Å². The summed E-state index contributed by atoms with van der Waals surface area (Å²) in [4.78, 5) is 23.7. The maximum absolute atomic E-state index is 12.0. The van der Waals surface area contributed by atoms with Crippen LogP contribution in [-0.4, -0.2) is 11.6 Å². The summed E-state index contributed by atoms with van der Waals surface area (Å²) in [6.45, 7) is 7.74. The molecule has 0 aromatic heterocycles. The topological polar surface area (TPSA) is 34.1 Å². The van der Waals surface area contributed by atoms with Gasteiger partial charge in [-0.25, -0.2) is 0 Å². The summed E-state index contributed by atoms with van der Waals surface area (Å²) in [5.41, 5.74) is 2.76. The van der Waals surface area contributed by atoms with Gasteiger partial charge in [-0.2, -0.15) is 0 Å².